The number of hydrogen-bond donors (Lipinski definition) is 0. The third-order valence-electron chi connectivity index (χ3n) is 9.19. The molecule has 7 aromatic rings. The molecule has 8 rings (SSSR count). The highest BCUT2D eigenvalue weighted by molar-refractivity contribution is 5.86. The van der Waals surface area contributed by atoms with E-state index in [9.17, 15) is 0 Å². The van der Waals surface area contributed by atoms with Gasteiger partial charge in [0.15, 0.2) is 0 Å². The van der Waals surface area contributed by atoms with E-state index >= 15 is 0 Å². The van der Waals surface area contributed by atoms with Gasteiger partial charge in [-0.1, -0.05) is 176 Å². The standard InChI is InChI=1S/C44H32/c1-4-13-34(14-5-1)36-15-12-16-37(31-36)35-26-23-32(24-27-35)29-33-25-28-41-40-21-10-11-22-42(40)44(43(41)30-33,38-17-6-2-7-18-38)39-19-8-3-9-20-39/h1-28,30-31H,29H2. The van der Waals surface area contributed by atoms with Crippen molar-refractivity contribution in [3.8, 4) is 33.4 Å². The van der Waals surface area contributed by atoms with Crippen LogP contribution in [0.25, 0.3) is 33.4 Å². The third-order valence-corrected chi connectivity index (χ3v) is 9.19. The number of hydrogen-bond acceptors (Lipinski definition) is 0. The molecule has 0 fully saturated rings. The van der Waals surface area contributed by atoms with Crippen LogP contribution in [0, 0.1) is 0 Å². The average molecular weight is 561 g/mol. The molecule has 1 aliphatic rings. The van der Waals surface area contributed by atoms with Crippen molar-refractivity contribution >= 4 is 0 Å². The molecule has 0 nitrogen and oxygen atoms in total. The fraction of sp³-hybridized carbons (Fsp3) is 0.0455. The van der Waals surface area contributed by atoms with E-state index in [1.807, 2.05) is 0 Å². The van der Waals surface area contributed by atoms with Crippen LogP contribution in [-0.4, -0.2) is 0 Å². The van der Waals surface area contributed by atoms with Crippen molar-refractivity contribution in [1.29, 1.82) is 0 Å². The molecule has 0 bridgehead atoms. The Bertz CT molecular complexity index is 2010. The Labute approximate surface area is 259 Å². The molecule has 0 aliphatic heterocycles. The van der Waals surface area contributed by atoms with Crippen LogP contribution in [0.3, 0.4) is 0 Å². The first-order chi connectivity index (χ1) is 21.8. The maximum absolute atomic E-state index is 2.46. The Morgan fingerprint density at radius 3 is 1.48 bits per heavy atom. The molecule has 0 saturated heterocycles. The first-order valence-corrected chi connectivity index (χ1v) is 15.4. The summed E-state index contributed by atoms with van der Waals surface area (Å²) >= 11 is 0. The summed E-state index contributed by atoms with van der Waals surface area (Å²) in [7, 11) is 0. The zero-order chi connectivity index (χ0) is 29.3. The lowest BCUT2D eigenvalue weighted by Crippen LogP contribution is -2.28. The summed E-state index contributed by atoms with van der Waals surface area (Å²) in [5.74, 6) is 0. The van der Waals surface area contributed by atoms with Crippen molar-refractivity contribution in [2.75, 3.05) is 0 Å². The van der Waals surface area contributed by atoms with Crippen LogP contribution in [0.15, 0.2) is 182 Å². The molecule has 7 aromatic carbocycles. The summed E-state index contributed by atoms with van der Waals surface area (Å²) in [5, 5.41) is 0. The van der Waals surface area contributed by atoms with E-state index in [4.69, 9.17) is 0 Å². The summed E-state index contributed by atoms with van der Waals surface area (Å²) in [6.07, 6.45) is 0.883. The Balaban J connectivity index is 1.18. The topological polar surface area (TPSA) is 0 Å². The lowest BCUT2D eigenvalue weighted by molar-refractivity contribution is 0.767. The largest absolute Gasteiger partial charge is 0.0713 e. The smallest absolute Gasteiger partial charge is 0.0622 e. The predicted molar refractivity (Wildman–Crippen MR) is 184 cm³/mol. The van der Waals surface area contributed by atoms with Gasteiger partial charge in [-0.15, -0.1) is 0 Å². The van der Waals surface area contributed by atoms with E-state index in [0.29, 0.717) is 0 Å². The third kappa shape index (κ3) is 4.39. The van der Waals surface area contributed by atoms with Gasteiger partial charge in [0.2, 0.25) is 0 Å². The second-order valence-corrected chi connectivity index (χ2v) is 11.7. The molecular weight excluding hydrogens is 528 g/mol. The van der Waals surface area contributed by atoms with Crippen LogP contribution in [0.2, 0.25) is 0 Å². The first kappa shape index (κ1) is 26.2. The lowest BCUT2D eigenvalue weighted by atomic mass is 9.67. The monoisotopic (exact) mass is 560 g/mol. The van der Waals surface area contributed by atoms with Crippen LogP contribution in [-0.2, 0) is 11.8 Å². The molecule has 0 atom stereocenters. The van der Waals surface area contributed by atoms with Crippen LogP contribution < -0.4 is 0 Å². The number of rotatable bonds is 6. The van der Waals surface area contributed by atoms with Gasteiger partial charge in [-0.05, 0) is 79.2 Å². The lowest BCUT2D eigenvalue weighted by Gasteiger charge is -2.34. The zero-order valence-electron chi connectivity index (χ0n) is 24.5. The Hall–Kier alpha value is -5.46. The molecule has 0 saturated carbocycles. The van der Waals surface area contributed by atoms with Crippen molar-refractivity contribution in [3.63, 3.8) is 0 Å². The highest BCUT2D eigenvalue weighted by Gasteiger charge is 2.45. The Kier molecular flexibility index (Phi) is 6.54. The van der Waals surface area contributed by atoms with Crippen LogP contribution in [0.1, 0.15) is 33.4 Å². The molecule has 0 heteroatoms. The highest BCUT2D eigenvalue weighted by atomic mass is 14.5. The Morgan fingerprint density at radius 1 is 0.318 bits per heavy atom. The summed E-state index contributed by atoms with van der Waals surface area (Å²) in [6, 6.07) is 66.7. The van der Waals surface area contributed by atoms with Crippen molar-refractivity contribution in [2.24, 2.45) is 0 Å². The maximum atomic E-state index is 2.46. The van der Waals surface area contributed by atoms with E-state index in [1.54, 1.807) is 0 Å². The molecule has 0 radical (unpaired) electrons. The minimum absolute atomic E-state index is 0.363. The predicted octanol–water partition coefficient (Wildman–Crippen LogP) is 11.0. The van der Waals surface area contributed by atoms with Gasteiger partial charge in [-0.2, -0.15) is 0 Å². The van der Waals surface area contributed by atoms with Crippen molar-refractivity contribution in [3.05, 3.63) is 215 Å². The van der Waals surface area contributed by atoms with Gasteiger partial charge in [0.1, 0.15) is 0 Å². The number of benzene rings is 7. The highest BCUT2D eigenvalue weighted by Crippen LogP contribution is 2.56. The average Bonchev–Trinajstić information content (AvgIpc) is 3.40. The van der Waals surface area contributed by atoms with Crippen LogP contribution >= 0.6 is 0 Å². The van der Waals surface area contributed by atoms with Gasteiger partial charge in [-0.3, -0.25) is 0 Å². The van der Waals surface area contributed by atoms with Crippen molar-refractivity contribution < 1.29 is 0 Å². The van der Waals surface area contributed by atoms with Gasteiger partial charge in [0.05, 0.1) is 5.41 Å². The fourth-order valence-electron chi connectivity index (χ4n) is 7.16. The zero-order valence-corrected chi connectivity index (χ0v) is 24.5. The van der Waals surface area contributed by atoms with E-state index < -0.39 is 0 Å². The second-order valence-electron chi connectivity index (χ2n) is 11.7. The van der Waals surface area contributed by atoms with E-state index in [-0.39, 0.29) is 5.41 Å². The molecule has 0 N–H and O–H groups in total. The number of fused-ring (bicyclic) bond motifs is 3. The molecule has 44 heavy (non-hydrogen) atoms. The summed E-state index contributed by atoms with van der Waals surface area (Å²) in [4.78, 5) is 0. The van der Waals surface area contributed by atoms with Crippen LogP contribution in [0.4, 0.5) is 0 Å². The summed E-state index contributed by atoms with van der Waals surface area (Å²) in [6.45, 7) is 0. The van der Waals surface area contributed by atoms with Gasteiger partial charge in [0.25, 0.3) is 0 Å². The molecule has 0 heterocycles. The molecule has 0 amide bonds. The molecule has 1 aliphatic carbocycles. The van der Waals surface area contributed by atoms with Gasteiger partial charge in [-0.25, -0.2) is 0 Å². The van der Waals surface area contributed by atoms with Gasteiger partial charge in [0, 0.05) is 0 Å². The molecule has 0 unspecified atom stereocenters. The molecular formula is C44H32. The Morgan fingerprint density at radius 2 is 0.818 bits per heavy atom. The van der Waals surface area contributed by atoms with Crippen LogP contribution in [0.5, 0.6) is 0 Å². The van der Waals surface area contributed by atoms with Gasteiger partial charge < -0.3 is 0 Å². The van der Waals surface area contributed by atoms with Crippen molar-refractivity contribution in [2.45, 2.75) is 11.8 Å². The fourth-order valence-corrected chi connectivity index (χ4v) is 7.16. The van der Waals surface area contributed by atoms with E-state index in [0.717, 1.165) is 6.42 Å². The van der Waals surface area contributed by atoms with Crippen molar-refractivity contribution in [1.82, 2.24) is 0 Å². The molecule has 0 aromatic heterocycles. The van der Waals surface area contributed by atoms with Gasteiger partial charge >= 0.3 is 0 Å². The normalized spacial score (nSPS) is 12.8. The van der Waals surface area contributed by atoms with E-state index in [2.05, 4.69) is 182 Å². The maximum Gasteiger partial charge on any atom is 0.0713 e. The molecule has 208 valence electrons. The summed E-state index contributed by atoms with van der Waals surface area (Å²) in [5.41, 5.74) is 15.2. The molecule has 0 spiro atoms. The quantitative estimate of drug-likeness (QED) is 0.190. The second kappa shape index (κ2) is 11.0. The minimum atomic E-state index is -0.363. The SMILES string of the molecule is c1ccc(-c2cccc(-c3ccc(Cc4ccc5c(c4)C(c4ccccc4)(c4ccccc4)c4ccccc4-5)cc3)c2)cc1. The first-order valence-electron chi connectivity index (χ1n) is 15.4. The van der Waals surface area contributed by atoms with E-state index in [1.165, 1.54) is 66.8 Å². The minimum Gasteiger partial charge on any atom is -0.0622 e. The summed E-state index contributed by atoms with van der Waals surface area (Å²) < 4.78 is 0.